The molecule has 4 nitrogen and oxygen atoms in total. The van der Waals surface area contributed by atoms with Crippen molar-refractivity contribution >= 4 is 0 Å². The molecular formula is C14H26N4. The zero-order valence-corrected chi connectivity index (χ0v) is 11.9. The SMILES string of the molecule is CC(C)C1CCCC(N)(Cc2ncnn2C)CC1. The van der Waals surface area contributed by atoms with E-state index in [1.165, 1.54) is 19.3 Å². The molecule has 1 saturated carbocycles. The van der Waals surface area contributed by atoms with E-state index >= 15 is 0 Å². The largest absolute Gasteiger partial charge is 0.325 e. The molecule has 0 spiro atoms. The predicted octanol–water partition coefficient (Wildman–Crippen LogP) is 2.29. The smallest absolute Gasteiger partial charge is 0.138 e. The molecule has 0 amide bonds. The molecule has 18 heavy (non-hydrogen) atoms. The summed E-state index contributed by atoms with van der Waals surface area (Å²) < 4.78 is 1.85. The van der Waals surface area contributed by atoms with Gasteiger partial charge in [-0.2, -0.15) is 5.10 Å². The first-order valence-corrected chi connectivity index (χ1v) is 7.12. The van der Waals surface area contributed by atoms with Crippen molar-refractivity contribution in [1.29, 1.82) is 0 Å². The predicted molar refractivity (Wildman–Crippen MR) is 73.0 cm³/mol. The molecule has 2 rings (SSSR count). The van der Waals surface area contributed by atoms with Gasteiger partial charge in [-0.15, -0.1) is 0 Å². The lowest BCUT2D eigenvalue weighted by Crippen LogP contribution is -2.42. The van der Waals surface area contributed by atoms with E-state index in [4.69, 9.17) is 5.73 Å². The van der Waals surface area contributed by atoms with E-state index in [1.54, 1.807) is 6.33 Å². The Hall–Kier alpha value is -0.900. The van der Waals surface area contributed by atoms with Crippen LogP contribution in [0.1, 0.15) is 51.8 Å². The van der Waals surface area contributed by atoms with E-state index in [1.807, 2.05) is 11.7 Å². The van der Waals surface area contributed by atoms with Gasteiger partial charge >= 0.3 is 0 Å². The maximum Gasteiger partial charge on any atom is 0.138 e. The van der Waals surface area contributed by atoms with Crippen LogP contribution in [-0.4, -0.2) is 20.3 Å². The fraction of sp³-hybridized carbons (Fsp3) is 0.857. The monoisotopic (exact) mass is 250 g/mol. The van der Waals surface area contributed by atoms with Crippen LogP contribution in [0.5, 0.6) is 0 Å². The highest BCUT2D eigenvalue weighted by Crippen LogP contribution is 2.34. The van der Waals surface area contributed by atoms with Gasteiger partial charge in [-0.3, -0.25) is 4.68 Å². The molecule has 1 aromatic heterocycles. The van der Waals surface area contributed by atoms with Crippen molar-refractivity contribution in [2.24, 2.45) is 24.6 Å². The minimum absolute atomic E-state index is 0.0789. The van der Waals surface area contributed by atoms with Gasteiger partial charge in [-0.25, -0.2) is 4.98 Å². The number of nitrogens with two attached hydrogens (primary N) is 1. The summed E-state index contributed by atoms with van der Waals surface area (Å²) in [7, 11) is 1.94. The van der Waals surface area contributed by atoms with Crippen molar-refractivity contribution < 1.29 is 0 Å². The Morgan fingerprint density at radius 2 is 2.22 bits per heavy atom. The van der Waals surface area contributed by atoms with Gasteiger partial charge in [-0.1, -0.05) is 26.7 Å². The Balaban J connectivity index is 2.01. The molecule has 0 bridgehead atoms. The second-order valence-electron chi connectivity index (χ2n) is 6.27. The van der Waals surface area contributed by atoms with Crippen LogP contribution < -0.4 is 5.73 Å². The van der Waals surface area contributed by atoms with Gasteiger partial charge < -0.3 is 5.73 Å². The zero-order valence-electron chi connectivity index (χ0n) is 11.9. The Morgan fingerprint density at radius 3 is 2.83 bits per heavy atom. The standard InChI is InChI=1S/C14H26N4/c1-11(2)12-5-4-7-14(15,8-6-12)9-13-16-10-17-18(13)3/h10-12H,4-9,15H2,1-3H3. The van der Waals surface area contributed by atoms with Gasteiger partial charge in [0, 0.05) is 19.0 Å². The molecule has 4 heteroatoms. The fourth-order valence-corrected chi connectivity index (χ4v) is 3.10. The summed E-state index contributed by atoms with van der Waals surface area (Å²) in [5.74, 6) is 2.64. The van der Waals surface area contributed by atoms with Crippen LogP contribution in [-0.2, 0) is 13.5 Å². The highest BCUT2D eigenvalue weighted by molar-refractivity contribution is 4.98. The Morgan fingerprint density at radius 1 is 1.44 bits per heavy atom. The molecule has 0 aromatic carbocycles. The third kappa shape index (κ3) is 3.10. The summed E-state index contributed by atoms with van der Waals surface area (Å²) in [6.45, 7) is 4.66. The number of hydrogen-bond acceptors (Lipinski definition) is 3. The van der Waals surface area contributed by atoms with Gasteiger partial charge in [0.2, 0.25) is 0 Å². The van der Waals surface area contributed by atoms with Crippen molar-refractivity contribution in [2.45, 2.75) is 57.9 Å². The molecule has 1 fully saturated rings. The van der Waals surface area contributed by atoms with E-state index in [9.17, 15) is 0 Å². The second kappa shape index (κ2) is 5.39. The Labute approximate surface area is 110 Å². The summed E-state index contributed by atoms with van der Waals surface area (Å²) in [6, 6.07) is 0. The highest BCUT2D eigenvalue weighted by atomic mass is 15.3. The van der Waals surface area contributed by atoms with Crippen molar-refractivity contribution in [3.05, 3.63) is 12.2 Å². The molecule has 0 radical (unpaired) electrons. The van der Waals surface area contributed by atoms with E-state index in [2.05, 4.69) is 23.9 Å². The van der Waals surface area contributed by atoms with Crippen LogP contribution in [0.15, 0.2) is 6.33 Å². The quantitative estimate of drug-likeness (QED) is 0.837. The van der Waals surface area contributed by atoms with Crippen molar-refractivity contribution in [3.8, 4) is 0 Å². The molecule has 2 unspecified atom stereocenters. The maximum atomic E-state index is 6.60. The lowest BCUT2D eigenvalue weighted by atomic mass is 9.85. The highest BCUT2D eigenvalue weighted by Gasteiger charge is 2.31. The molecule has 0 aliphatic heterocycles. The average molecular weight is 250 g/mol. The average Bonchev–Trinajstić information content (AvgIpc) is 2.59. The molecule has 1 aliphatic rings. The van der Waals surface area contributed by atoms with E-state index in [-0.39, 0.29) is 5.54 Å². The van der Waals surface area contributed by atoms with E-state index < -0.39 is 0 Å². The number of hydrogen-bond donors (Lipinski definition) is 1. The molecule has 2 atom stereocenters. The van der Waals surface area contributed by atoms with E-state index in [0.717, 1.165) is 36.9 Å². The van der Waals surface area contributed by atoms with Crippen LogP contribution in [0.4, 0.5) is 0 Å². The van der Waals surface area contributed by atoms with E-state index in [0.29, 0.717) is 0 Å². The van der Waals surface area contributed by atoms with Crippen LogP contribution in [0, 0.1) is 11.8 Å². The second-order valence-corrected chi connectivity index (χ2v) is 6.27. The number of aromatic nitrogens is 3. The molecule has 1 aliphatic carbocycles. The molecule has 2 N–H and O–H groups in total. The van der Waals surface area contributed by atoms with Gasteiger partial charge in [-0.05, 0) is 31.1 Å². The number of aryl methyl sites for hydroxylation is 1. The minimum atomic E-state index is -0.0789. The lowest BCUT2D eigenvalue weighted by Gasteiger charge is -2.28. The first kappa shape index (κ1) is 13.5. The van der Waals surface area contributed by atoms with Gasteiger partial charge in [0.25, 0.3) is 0 Å². The summed E-state index contributed by atoms with van der Waals surface area (Å²) in [5.41, 5.74) is 6.52. The number of nitrogens with zero attached hydrogens (tertiary/aromatic N) is 3. The van der Waals surface area contributed by atoms with Crippen LogP contribution >= 0.6 is 0 Å². The summed E-state index contributed by atoms with van der Waals surface area (Å²) >= 11 is 0. The first-order chi connectivity index (χ1) is 8.50. The maximum absolute atomic E-state index is 6.60. The molecule has 0 saturated heterocycles. The van der Waals surface area contributed by atoms with Crippen LogP contribution in [0.3, 0.4) is 0 Å². The summed E-state index contributed by atoms with van der Waals surface area (Å²) in [6.07, 6.45) is 8.53. The summed E-state index contributed by atoms with van der Waals surface area (Å²) in [4.78, 5) is 4.31. The first-order valence-electron chi connectivity index (χ1n) is 7.12. The van der Waals surface area contributed by atoms with Crippen molar-refractivity contribution in [1.82, 2.24) is 14.8 Å². The third-order valence-corrected chi connectivity index (χ3v) is 4.52. The molecule has 1 aromatic rings. The Bertz CT molecular complexity index is 385. The van der Waals surface area contributed by atoms with Crippen molar-refractivity contribution in [3.63, 3.8) is 0 Å². The molecule has 102 valence electrons. The fourth-order valence-electron chi connectivity index (χ4n) is 3.10. The summed E-state index contributed by atoms with van der Waals surface area (Å²) in [5, 5.41) is 4.13. The van der Waals surface area contributed by atoms with Gasteiger partial charge in [0.15, 0.2) is 0 Å². The zero-order chi connectivity index (χ0) is 13.2. The Kier molecular flexibility index (Phi) is 4.05. The minimum Gasteiger partial charge on any atom is -0.325 e. The van der Waals surface area contributed by atoms with Crippen molar-refractivity contribution in [2.75, 3.05) is 0 Å². The van der Waals surface area contributed by atoms with Gasteiger partial charge in [0.05, 0.1) is 0 Å². The lowest BCUT2D eigenvalue weighted by molar-refractivity contribution is 0.318. The van der Waals surface area contributed by atoms with Gasteiger partial charge in [0.1, 0.15) is 12.2 Å². The number of rotatable bonds is 3. The third-order valence-electron chi connectivity index (χ3n) is 4.52. The molecular weight excluding hydrogens is 224 g/mol. The van der Waals surface area contributed by atoms with Crippen LogP contribution in [0.25, 0.3) is 0 Å². The normalized spacial score (nSPS) is 29.5. The van der Waals surface area contributed by atoms with Crippen LogP contribution in [0.2, 0.25) is 0 Å². The molecule has 1 heterocycles. The topological polar surface area (TPSA) is 56.7 Å².